The van der Waals surface area contributed by atoms with Crippen LogP contribution >= 0.6 is 0 Å². The van der Waals surface area contributed by atoms with E-state index in [2.05, 4.69) is 29.2 Å². The van der Waals surface area contributed by atoms with Gasteiger partial charge < -0.3 is 10.0 Å². The molecule has 4 rings (SSSR count). The van der Waals surface area contributed by atoms with Gasteiger partial charge in [-0.15, -0.1) is 0 Å². The molecule has 2 amide bonds. The molecule has 1 aromatic carbocycles. The first kappa shape index (κ1) is 18.4. The van der Waals surface area contributed by atoms with Gasteiger partial charge in [-0.25, -0.2) is 4.98 Å². The fourth-order valence-corrected chi connectivity index (χ4v) is 3.87. The number of aromatic hydroxyl groups is 1. The average Bonchev–Trinajstić information content (AvgIpc) is 3.05. The molecule has 2 aliphatic rings. The van der Waals surface area contributed by atoms with E-state index in [4.69, 9.17) is 0 Å². The summed E-state index contributed by atoms with van der Waals surface area (Å²) >= 11 is 0. The second-order valence-corrected chi connectivity index (χ2v) is 7.44. The maximum Gasteiger partial charge on any atom is 0.242 e. The highest BCUT2D eigenvalue weighted by atomic mass is 16.3. The van der Waals surface area contributed by atoms with Crippen molar-refractivity contribution in [2.75, 3.05) is 31.1 Å². The van der Waals surface area contributed by atoms with Gasteiger partial charge >= 0.3 is 0 Å². The van der Waals surface area contributed by atoms with Crippen molar-refractivity contribution in [3.8, 4) is 5.75 Å². The summed E-state index contributed by atoms with van der Waals surface area (Å²) < 4.78 is 0. The Hall–Kier alpha value is -2.93. The van der Waals surface area contributed by atoms with E-state index >= 15 is 0 Å². The van der Waals surface area contributed by atoms with Crippen molar-refractivity contribution in [2.24, 2.45) is 0 Å². The van der Waals surface area contributed by atoms with Crippen LogP contribution in [0.3, 0.4) is 0 Å². The van der Waals surface area contributed by atoms with E-state index in [9.17, 15) is 14.7 Å². The Balaban J connectivity index is 1.38. The molecule has 1 aromatic heterocycles. The maximum atomic E-state index is 12.9. The van der Waals surface area contributed by atoms with Crippen molar-refractivity contribution in [3.05, 3.63) is 53.7 Å². The third kappa shape index (κ3) is 3.71. The van der Waals surface area contributed by atoms with Crippen LogP contribution in [0.4, 0.5) is 5.82 Å². The van der Waals surface area contributed by atoms with Crippen LogP contribution in [0.1, 0.15) is 17.5 Å². The summed E-state index contributed by atoms with van der Waals surface area (Å²) in [7, 11) is 0. The van der Waals surface area contributed by atoms with E-state index in [1.165, 1.54) is 17.8 Å². The molecule has 0 bridgehead atoms. The van der Waals surface area contributed by atoms with Crippen LogP contribution in [0.2, 0.25) is 0 Å². The van der Waals surface area contributed by atoms with Gasteiger partial charge in [-0.2, -0.15) is 0 Å². The van der Waals surface area contributed by atoms with Gasteiger partial charge in [0.1, 0.15) is 11.6 Å². The summed E-state index contributed by atoms with van der Waals surface area (Å²) in [5.41, 5.74) is 2.33. The van der Waals surface area contributed by atoms with Gasteiger partial charge in [-0.1, -0.05) is 29.8 Å². The molecule has 2 aromatic rings. The molecule has 2 aliphatic heterocycles. The van der Waals surface area contributed by atoms with Crippen LogP contribution < -0.4 is 4.90 Å². The zero-order chi connectivity index (χ0) is 19.7. The molecule has 2 saturated heterocycles. The zero-order valence-electron chi connectivity index (χ0n) is 15.9. The molecule has 28 heavy (non-hydrogen) atoms. The number of carbonyl (C=O) groups excluding carboxylic acids is 2. The van der Waals surface area contributed by atoms with Crippen LogP contribution in [0.25, 0.3) is 0 Å². The number of carbonyl (C=O) groups is 2. The molecule has 7 heteroatoms. The lowest BCUT2D eigenvalue weighted by Gasteiger charge is -2.36. The third-order valence-electron chi connectivity index (χ3n) is 5.46. The number of amides is 2. The summed E-state index contributed by atoms with van der Waals surface area (Å²) in [6.07, 6.45) is 2.08. The van der Waals surface area contributed by atoms with Crippen LogP contribution in [0.5, 0.6) is 5.75 Å². The van der Waals surface area contributed by atoms with Crippen LogP contribution in [0.15, 0.2) is 42.6 Å². The number of likely N-dealkylation sites (tertiary alicyclic amines) is 1. The van der Waals surface area contributed by atoms with Gasteiger partial charge in [0.05, 0.1) is 18.8 Å². The lowest BCUT2D eigenvalue weighted by Crippen LogP contribution is -2.55. The second-order valence-electron chi connectivity index (χ2n) is 7.44. The van der Waals surface area contributed by atoms with Gasteiger partial charge in [-0.3, -0.25) is 19.4 Å². The highest BCUT2D eigenvalue weighted by Crippen LogP contribution is 2.23. The smallest absolute Gasteiger partial charge is 0.242 e. The van der Waals surface area contributed by atoms with Crippen LogP contribution in [0, 0.1) is 6.92 Å². The summed E-state index contributed by atoms with van der Waals surface area (Å²) in [6, 6.07) is 11.2. The Labute approximate surface area is 164 Å². The van der Waals surface area contributed by atoms with Gasteiger partial charge in [0.25, 0.3) is 0 Å². The minimum atomic E-state index is -0.232. The number of nitrogens with zero attached hydrogens (tertiary/aromatic N) is 4. The van der Waals surface area contributed by atoms with Gasteiger partial charge in [0.2, 0.25) is 11.8 Å². The highest BCUT2D eigenvalue weighted by Gasteiger charge is 2.39. The molecule has 0 saturated carbocycles. The molecule has 1 N–H and O–H groups in total. The monoisotopic (exact) mass is 380 g/mol. The summed E-state index contributed by atoms with van der Waals surface area (Å²) in [4.78, 5) is 35.1. The number of pyridine rings is 1. The number of hydrogen-bond acceptors (Lipinski definition) is 5. The lowest BCUT2D eigenvalue weighted by molar-refractivity contribution is -0.134. The van der Waals surface area contributed by atoms with E-state index < -0.39 is 0 Å². The summed E-state index contributed by atoms with van der Waals surface area (Å²) in [5, 5.41) is 9.36. The third-order valence-corrected chi connectivity index (χ3v) is 5.46. The maximum absolute atomic E-state index is 12.9. The molecule has 0 aliphatic carbocycles. The molecule has 0 radical (unpaired) electrons. The number of piperazine rings is 1. The molecule has 146 valence electrons. The van der Waals surface area contributed by atoms with Gasteiger partial charge in [-0.05, 0) is 31.0 Å². The highest BCUT2D eigenvalue weighted by molar-refractivity contribution is 5.95. The quantitative estimate of drug-likeness (QED) is 0.871. The largest absolute Gasteiger partial charge is 0.506 e. The van der Waals surface area contributed by atoms with Crippen molar-refractivity contribution in [1.82, 2.24) is 14.8 Å². The topological polar surface area (TPSA) is 77.0 Å². The normalized spacial score (nSPS) is 20.8. The minimum Gasteiger partial charge on any atom is -0.506 e. The number of benzene rings is 1. The number of rotatable bonds is 4. The van der Waals surface area contributed by atoms with Crippen molar-refractivity contribution in [2.45, 2.75) is 25.9 Å². The first-order chi connectivity index (χ1) is 13.5. The number of hydrogen-bond donors (Lipinski definition) is 1. The summed E-state index contributed by atoms with van der Waals surface area (Å²) in [5.74, 6) is 0.625. The van der Waals surface area contributed by atoms with Crippen molar-refractivity contribution in [1.29, 1.82) is 0 Å². The molecule has 1 atom stereocenters. The Bertz CT molecular complexity index is 866. The van der Waals surface area contributed by atoms with Gasteiger partial charge in [0, 0.05) is 26.2 Å². The summed E-state index contributed by atoms with van der Waals surface area (Å²) in [6.45, 7) is 4.69. The number of aromatic nitrogens is 1. The SMILES string of the molecule is Cc1ccc(CN2CC[C@@H](N3CCN(c4ccc(O)cn4)C(=O)C3)C2=O)cc1. The molecule has 0 unspecified atom stereocenters. The predicted octanol–water partition coefficient (Wildman–Crippen LogP) is 1.55. The van der Waals surface area contributed by atoms with Gasteiger partial charge in [0.15, 0.2) is 0 Å². The molecular weight excluding hydrogens is 356 g/mol. The Kier molecular flexibility index (Phi) is 5.00. The van der Waals surface area contributed by atoms with Crippen LogP contribution in [-0.4, -0.2) is 63.9 Å². The Morgan fingerprint density at radius 1 is 1.07 bits per heavy atom. The fraction of sp³-hybridized carbons (Fsp3) is 0.381. The molecule has 3 heterocycles. The van der Waals surface area contributed by atoms with Crippen molar-refractivity contribution < 1.29 is 14.7 Å². The van der Waals surface area contributed by atoms with E-state index in [-0.39, 0.29) is 30.2 Å². The van der Waals surface area contributed by atoms with E-state index in [1.54, 1.807) is 11.0 Å². The van der Waals surface area contributed by atoms with Crippen molar-refractivity contribution in [3.63, 3.8) is 0 Å². The first-order valence-electron chi connectivity index (χ1n) is 9.55. The first-order valence-corrected chi connectivity index (χ1v) is 9.55. The molecular formula is C21H24N4O3. The number of anilines is 1. The predicted molar refractivity (Wildman–Crippen MR) is 105 cm³/mol. The second kappa shape index (κ2) is 7.59. The lowest BCUT2D eigenvalue weighted by atomic mass is 10.1. The minimum absolute atomic E-state index is 0.0695. The molecule has 7 nitrogen and oxygen atoms in total. The Morgan fingerprint density at radius 3 is 2.54 bits per heavy atom. The zero-order valence-corrected chi connectivity index (χ0v) is 15.9. The van der Waals surface area contributed by atoms with E-state index in [0.717, 1.165) is 12.0 Å². The fourth-order valence-electron chi connectivity index (χ4n) is 3.87. The van der Waals surface area contributed by atoms with Crippen LogP contribution in [-0.2, 0) is 16.1 Å². The Morgan fingerprint density at radius 2 is 1.86 bits per heavy atom. The average molecular weight is 380 g/mol. The number of aryl methyl sites for hydroxylation is 1. The standard InChI is InChI=1S/C21H24N4O3/c1-15-2-4-16(5-3-15)13-24-9-8-18(21(24)28)23-10-11-25(20(27)14-23)19-7-6-17(26)12-22-19/h2-7,12,18,26H,8-11,13-14H2,1H3/t18-/m1/s1. The molecule has 0 spiro atoms. The van der Waals surface area contributed by atoms with E-state index in [0.29, 0.717) is 32.0 Å². The van der Waals surface area contributed by atoms with Crippen molar-refractivity contribution >= 4 is 17.6 Å². The van der Waals surface area contributed by atoms with E-state index in [1.807, 2.05) is 16.7 Å². The molecule has 2 fully saturated rings.